The summed E-state index contributed by atoms with van der Waals surface area (Å²) in [6.07, 6.45) is 3.42. The number of halogens is 1. The molecule has 2 amide bonds. The van der Waals surface area contributed by atoms with Crippen molar-refractivity contribution in [2.24, 2.45) is 19.5 Å². The third-order valence-corrected chi connectivity index (χ3v) is 9.92. The van der Waals surface area contributed by atoms with Crippen molar-refractivity contribution in [3.05, 3.63) is 96.8 Å². The summed E-state index contributed by atoms with van der Waals surface area (Å²) in [5.74, 6) is 0.00772. The van der Waals surface area contributed by atoms with Gasteiger partial charge in [0.25, 0.3) is 11.5 Å². The fraction of sp³-hybridized carbons (Fsp3) is 0.361. The highest BCUT2D eigenvalue weighted by Crippen LogP contribution is 2.50. The van der Waals surface area contributed by atoms with Crippen molar-refractivity contribution in [1.29, 1.82) is 0 Å². The molecule has 1 aliphatic heterocycles. The molecule has 0 bridgehead atoms. The maximum absolute atomic E-state index is 13.2. The van der Waals surface area contributed by atoms with Gasteiger partial charge in [-0.3, -0.25) is 19.0 Å². The lowest BCUT2D eigenvalue weighted by molar-refractivity contribution is -0.119. The zero-order valence-corrected chi connectivity index (χ0v) is 28.6. The van der Waals surface area contributed by atoms with Gasteiger partial charge in [-0.15, -0.1) is 0 Å². The monoisotopic (exact) mass is 670 g/mol. The van der Waals surface area contributed by atoms with E-state index < -0.39 is 17.2 Å². The van der Waals surface area contributed by atoms with Crippen molar-refractivity contribution in [2.75, 3.05) is 19.0 Å². The maximum atomic E-state index is 13.2. The van der Waals surface area contributed by atoms with Crippen LogP contribution in [-0.2, 0) is 25.3 Å². The minimum Gasteiger partial charge on any atom is -0.481 e. The van der Waals surface area contributed by atoms with E-state index in [4.69, 9.17) is 21.3 Å². The first kappa shape index (κ1) is 33.2. The van der Waals surface area contributed by atoms with Crippen LogP contribution in [0.4, 0.5) is 5.69 Å². The van der Waals surface area contributed by atoms with Gasteiger partial charge >= 0.3 is 5.69 Å². The molecule has 4 aromatic rings. The van der Waals surface area contributed by atoms with Crippen LogP contribution in [0.5, 0.6) is 5.88 Å². The number of aromatic nitrogens is 3. The second-order valence-corrected chi connectivity index (χ2v) is 13.7. The lowest BCUT2D eigenvalue weighted by Gasteiger charge is -2.30. The summed E-state index contributed by atoms with van der Waals surface area (Å²) in [6.45, 7) is 6.97. The van der Waals surface area contributed by atoms with Crippen LogP contribution in [0.25, 0.3) is 22.4 Å². The van der Waals surface area contributed by atoms with Crippen LogP contribution in [-0.4, -0.2) is 45.6 Å². The minimum atomic E-state index is -0.676. The number of rotatable bonds is 8. The van der Waals surface area contributed by atoms with Crippen LogP contribution in [0.3, 0.4) is 0 Å². The molecule has 0 saturated carbocycles. The Bertz CT molecular complexity index is 2080. The average Bonchev–Trinajstić information content (AvgIpc) is 3.59. The number of pyridine rings is 1. The number of methoxy groups -OCH3 is 1. The Hall–Kier alpha value is -4.74. The Balaban J connectivity index is 1.32. The number of hydrogen-bond acceptors (Lipinski definition) is 7. The molecule has 0 radical (unpaired) electrons. The molecular weight excluding hydrogens is 632 g/mol. The fourth-order valence-corrected chi connectivity index (χ4v) is 7.26. The van der Waals surface area contributed by atoms with E-state index in [2.05, 4.69) is 35.9 Å². The van der Waals surface area contributed by atoms with Crippen LogP contribution in [0, 0.1) is 12.3 Å². The Morgan fingerprint density at radius 2 is 1.81 bits per heavy atom. The van der Waals surface area contributed by atoms with E-state index in [1.807, 2.05) is 37.3 Å². The number of nitrogens with one attached hydrogen (secondary N) is 3. The molecule has 2 atom stereocenters. The molecule has 1 fully saturated rings. The van der Waals surface area contributed by atoms with Gasteiger partial charge in [0.2, 0.25) is 11.8 Å². The SMILES string of the molecule is COc1nc(-c2cccc(-c3cccc(NC(=O)c4cn(C)c(=O)n(C)c4=O)c3C)c2Cl)cc2c1C(NC[C@@H]1CCC(=O)N1)C(C)(C)C2. The van der Waals surface area contributed by atoms with Crippen molar-refractivity contribution in [1.82, 2.24) is 24.8 Å². The average molecular weight is 671 g/mol. The smallest absolute Gasteiger partial charge is 0.330 e. The maximum Gasteiger partial charge on any atom is 0.330 e. The molecule has 250 valence electrons. The first-order chi connectivity index (χ1) is 22.8. The fourth-order valence-electron chi connectivity index (χ4n) is 6.94. The number of hydrogen-bond donors (Lipinski definition) is 3. The van der Waals surface area contributed by atoms with E-state index in [0.717, 1.165) is 50.8 Å². The molecule has 3 heterocycles. The zero-order valence-electron chi connectivity index (χ0n) is 27.9. The summed E-state index contributed by atoms with van der Waals surface area (Å²) in [6, 6.07) is 13.4. The number of fused-ring (bicyclic) bond motifs is 1. The predicted octanol–water partition coefficient (Wildman–Crippen LogP) is 4.53. The predicted molar refractivity (Wildman–Crippen MR) is 186 cm³/mol. The molecule has 1 saturated heterocycles. The highest BCUT2D eigenvalue weighted by Gasteiger charge is 2.42. The molecule has 2 aliphatic rings. The number of aryl methyl sites for hydroxylation is 1. The Morgan fingerprint density at radius 3 is 2.52 bits per heavy atom. The molecule has 12 heteroatoms. The van der Waals surface area contributed by atoms with E-state index in [1.165, 1.54) is 24.9 Å². The van der Waals surface area contributed by atoms with E-state index in [0.29, 0.717) is 35.2 Å². The zero-order chi connectivity index (χ0) is 34.5. The topological polar surface area (TPSA) is 136 Å². The van der Waals surface area contributed by atoms with Gasteiger partial charge in [0.05, 0.1) is 17.8 Å². The molecule has 3 N–H and O–H groups in total. The molecule has 1 aliphatic carbocycles. The van der Waals surface area contributed by atoms with Gasteiger partial charge < -0.3 is 25.3 Å². The second-order valence-electron chi connectivity index (χ2n) is 13.3. The number of carbonyl (C=O) groups is 2. The van der Waals surface area contributed by atoms with Gasteiger partial charge in [0.15, 0.2) is 0 Å². The molecule has 6 rings (SSSR count). The van der Waals surface area contributed by atoms with Crippen molar-refractivity contribution in [3.63, 3.8) is 0 Å². The molecule has 48 heavy (non-hydrogen) atoms. The Morgan fingerprint density at radius 1 is 1.10 bits per heavy atom. The number of carbonyl (C=O) groups excluding carboxylic acids is 2. The van der Waals surface area contributed by atoms with E-state index in [-0.39, 0.29) is 29.0 Å². The summed E-state index contributed by atoms with van der Waals surface area (Å²) < 4.78 is 7.98. The highest BCUT2D eigenvalue weighted by molar-refractivity contribution is 6.36. The van der Waals surface area contributed by atoms with Crippen LogP contribution in [0.1, 0.15) is 59.8 Å². The molecule has 11 nitrogen and oxygen atoms in total. The van der Waals surface area contributed by atoms with E-state index in [9.17, 15) is 19.2 Å². The first-order valence-corrected chi connectivity index (χ1v) is 16.3. The number of amides is 2. The van der Waals surface area contributed by atoms with Gasteiger partial charge in [-0.25, -0.2) is 9.78 Å². The largest absolute Gasteiger partial charge is 0.481 e. The van der Waals surface area contributed by atoms with Gasteiger partial charge in [-0.2, -0.15) is 0 Å². The number of nitrogens with zero attached hydrogens (tertiary/aromatic N) is 3. The second kappa shape index (κ2) is 12.7. The Labute approximate surface area is 283 Å². The number of ether oxygens (including phenoxy) is 1. The van der Waals surface area contributed by atoms with Gasteiger partial charge in [0, 0.05) is 67.7 Å². The Kier molecular flexibility index (Phi) is 8.78. The molecular formula is C36H39ClN6O5. The quantitative estimate of drug-likeness (QED) is 0.251. The lowest BCUT2D eigenvalue weighted by Crippen LogP contribution is -2.40. The summed E-state index contributed by atoms with van der Waals surface area (Å²) in [7, 11) is 4.45. The minimum absolute atomic E-state index is 0.00939. The van der Waals surface area contributed by atoms with Crippen LogP contribution in [0.15, 0.2) is 58.3 Å². The highest BCUT2D eigenvalue weighted by atomic mass is 35.5. The first-order valence-electron chi connectivity index (χ1n) is 15.9. The third-order valence-electron chi connectivity index (χ3n) is 9.51. The van der Waals surface area contributed by atoms with Gasteiger partial charge in [-0.1, -0.05) is 55.8 Å². The molecule has 0 spiro atoms. The summed E-state index contributed by atoms with van der Waals surface area (Å²) in [5, 5.41) is 10.1. The van der Waals surface area contributed by atoms with Gasteiger partial charge in [0.1, 0.15) is 5.56 Å². The van der Waals surface area contributed by atoms with Crippen molar-refractivity contribution in [2.45, 2.75) is 52.1 Å². The van der Waals surface area contributed by atoms with E-state index in [1.54, 1.807) is 13.2 Å². The standard InChI is InChI=1S/C36H39ClN6O5/c1-19-22(9-8-12-26(19)40-32(45)25-18-42(4)35(47)43(5)34(25)46)23-10-7-11-24(30(23)37)27-15-20-16-36(2,3)31(29(20)33(41-27)48-6)38-17-21-13-14-28(44)39-21/h7-12,15,18,21,31,38H,13-14,16-17H2,1-6H3,(H,39,44)(H,40,45)/t21-,31?/m0/s1. The lowest BCUT2D eigenvalue weighted by atomic mass is 9.85. The van der Waals surface area contributed by atoms with Gasteiger partial charge in [-0.05, 0) is 54.0 Å². The van der Waals surface area contributed by atoms with Crippen molar-refractivity contribution < 1.29 is 14.3 Å². The van der Waals surface area contributed by atoms with Crippen molar-refractivity contribution >= 4 is 29.1 Å². The normalized spacial score (nSPS) is 18.0. The number of anilines is 1. The number of benzene rings is 2. The summed E-state index contributed by atoms with van der Waals surface area (Å²) in [5.41, 5.74) is 4.91. The molecule has 1 unspecified atom stereocenters. The van der Waals surface area contributed by atoms with Crippen LogP contribution in [0.2, 0.25) is 5.02 Å². The van der Waals surface area contributed by atoms with Crippen molar-refractivity contribution in [3.8, 4) is 28.3 Å². The third kappa shape index (κ3) is 5.92. The summed E-state index contributed by atoms with van der Waals surface area (Å²) >= 11 is 7.15. The summed E-state index contributed by atoms with van der Waals surface area (Å²) in [4.78, 5) is 54.7. The van der Waals surface area contributed by atoms with Crippen LogP contribution >= 0.6 is 11.6 Å². The molecule has 2 aromatic heterocycles. The van der Waals surface area contributed by atoms with E-state index >= 15 is 0 Å². The van der Waals surface area contributed by atoms with Crippen LogP contribution < -0.4 is 31.9 Å². The molecule has 2 aromatic carbocycles.